The van der Waals surface area contributed by atoms with Crippen LogP contribution in [0, 0.1) is 0 Å². The molecule has 2 aromatic carbocycles. The largest absolute Gasteiger partial charge is 0.513 e. The maximum atomic E-state index is 11.3. The second kappa shape index (κ2) is 5.44. The Bertz CT molecular complexity index is 634. The van der Waals surface area contributed by atoms with Gasteiger partial charge in [0.1, 0.15) is 0 Å². The molecule has 0 saturated heterocycles. The van der Waals surface area contributed by atoms with Crippen molar-refractivity contribution in [1.29, 1.82) is 0 Å². The molecule has 98 valence electrons. The zero-order valence-electron chi connectivity index (χ0n) is 10.4. The van der Waals surface area contributed by atoms with E-state index < -0.39 is 5.97 Å². The molecule has 2 aromatic rings. The third kappa shape index (κ3) is 3.04. The van der Waals surface area contributed by atoms with Gasteiger partial charge in [-0.25, -0.2) is 4.79 Å². The number of carbonyl (C=O) groups is 1. The molecule has 4 heteroatoms. The van der Waals surface area contributed by atoms with Crippen LogP contribution in [0.15, 0.2) is 48.7 Å². The summed E-state index contributed by atoms with van der Waals surface area (Å²) in [6, 6.07) is 11.0. The summed E-state index contributed by atoms with van der Waals surface area (Å²) in [4.78, 5) is 11.3. The quantitative estimate of drug-likeness (QED) is 0.718. The van der Waals surface area contributed by atoms with E-state index in [1.54, 1.807) is 12.1 Å². The summed E-state index contributed by atoms with van der Waals surface area (Å²) in [5.41, 5.74) is 0.773. The average molecular weight is 257 g/mol. The lowest BCUT2D eigenvalue weighted by molar-refractivity contribution is 0.0698. The summed E-state index contributed by atoms with van der Waals surface area (Å²) in [6.07, 6.45) is 0.381. The van der Waals surface area contributed by atoms with E-state index in [0.717, 1.165) is 10.8 Å². The van der Waals surface area contributed by atoms with Gasteiger partial charge in [-0.2, -0.15) is 0 Å². The van der Waals surface area contributed by atoms with Crippen molar-refractivity contribution in [3.05, 3.63) is 54.3 Å². The molecule has 0 aliphatic heterocycles. The second-order valence-corrected chi connectivity index (χ2v) is 4.29. The molecular formula is C15H15NO3. The highest BCUT2D eigenvalue weighted by Gasteiger charge is 2.11. The number of carboxylic acids is 1. The number of anilines is 1. The van der Waals surface area contributed by atoms with Gasteiger partial charge in [0, 0.05) is 18.7 Å². The Morgan fingerprint density at radius 3 is 2.37 bits per heavy atom. The van der Waals surface area contributed by atoms with E-state index in [4.69, 9.17) is 5.11 Å². The molecule has 0 fully saturated rings. The topological polar surface area (TPSA) is 69.6 Å². The van der Waals surface area contributed by atoms with Crippen LogP contribution in [0.4, 0.5) is 5.69 Å². The monoisotopic (exact) mass is 257 g/mol. The fraction of sp³-hybridized carbons (Fsp3) is 0.133. The molecule has 0 bridgehead atoms. The van der Waals surface area contributed by atoms with Crippen LogP contribution in [0.5, 0.6) is 0 Å². The maximum absolute atomic E-state index is 11.3. The van der Waals surface area contributed by atoms with Crippen molar-refractivity contribution in [1.82, 2.24) is 0 Å². The first kappa shape index (κ1) is 13.0. The van der Waals surface area contributed by atoms with Gasteiger partial charge in [0.25, 0.3) is 0 Å². The van der Waals surface area contributed by atoms with E-state index in [9.17, 15) is 9.90 Å². The third-order valence-electron chi connectivity index (χ3n) is 2.85. The van der Waals surface area contributed by atoms with Crippen molar-refractivity contribution in [2.75, 3.05) is 11.9 Å². The van der Waals surface area contributed by atoms with Crippen LogP contribution in [-0.2, 0) is 0 Å². The van der Waals surface area contributed by atoms with Crippen molar-refractivity contribution in [3.63, 3.8) is 0 Å². The minimum atomic E-state index is -0.976. The minimum absolute atomic E-state index is 0.0742. The molecule has 3 N–H and O–H groups in total. The fourth-order valence-electron chi connectivity index (χ4n) is 1.90. The van der Waals surface area contributed by atoms with E-state index in [-0.39, 0.29) is 11.3 Å². The van der Waals surface area contributed by atoms with Gasteiger partial charge in [-0.3, -0.25) is 0 Å². The van der Waals surface area contributed by atoms with Crippen LogP contribution < -0.4 is 5.32 Å². The number of aliphatic hydroxyl groups is 1. The van der Waals surface area contributed by atoms with Gasteiger partial charge in [0.05, 0.1) is 11.3 Å². The minimum Gasteiger partial charge on any atom is -0.513 e. The molecule has 0 spiro atoms. The predicted molar refractivity (Wildman–Crippen MR) is 75.8 cm³/mol. The predicted octanol–water partition coefficient (Wildman–Crippen LogP) is 3.41. The van der Waals surface area contributed by atoms with Gasteiger partial charge < -0.3 is 15.5 Å². The number of hydrogen-bond acceptors (Lipinski definition) is 3. The summed E-state index contributed by atoms with van der Waals surface area (Å²) >= 11 is 0. The Labute approximate surface area is 111 Å². The number of rotatable bonds is 5. The van der Waals surface area contributed by atoms with Gasteiger partial charge in [-0.1, -0.05) is 30.8 Å². The summed E-state index contributed by atoms with van der Waals surface area (Å²) in [6.45, 7) is 3.83. The van der Waals surface area contributed by atoms with Crippen LogP contribution in [-0.4, -0.2) is 22.7 Å². The lowest BCUT2D eigenvalue weighted by Crippen LogP contribution is -2.08. The van der Waals surface area contributed by atoms with Gasteiger partial charge in [0.2, 0.25) is 0 Å². The van der Waals surface area contributed by atoms with Gasteiger partial charge in [-0.15, -0.1) is 0 Å². The normalized spacial score (nSPS) is 10.3. The summed E-state index contributed by atoms with van der Waals surface area (Å²) in [5.74, 6) is -0.902. The van der Waals surface area contributed by atoms with E-state index in [1.165, 1.54) is 0 Å². The smallest absolute Gasteiger partial charge is 0.337 e. The Morgan fingerprint density at radius 1 is 1.16 bits per heavy atom. The van der Waals surface area contributed by atoms with Crippen molar-refractivity contribution in [2.45, 2.75) is 6.42 Å². The third-order valence-corrected chi connectivity index (χ3v) is 2.85. The van der Waals surface area contributed by atoms with Crippen LogP contribution in [0.25, 0.3) is 10.8 Å². The molecule has 0 aliphatic rings. The zero-order chi connectivity index (χ0) is 13.8. The number of benzene rings is 2. The van der Waals surface area contributed by atoms with Crippen molar-refractivity contribution >= 4 is 22.4 Å². The molecule has 19 heavy (non-hydrogen) atoms. The number of aliphatic hydroxyl groups excluding tert-OH is 1. The van der Waals surface area contributed by atoms with E-state index in [1.807, 2.05) is 24.3 Å². The highest BCUT2D eigenvalue weighted by molar-refractivity contribution is 6.00. The maximum Gasteiger partial charge on any atom is 0.337 e. The molecule has 0 radical (unpaired) electrons. The average Bonchev–Trinajstić information content (AvgIpc) is 2.37. The highest BCUT2D eigenvalue weighted by Crippen LogP contribution is 2.24. The Hall–Kier alpha value is -2.49. The van der Waals surface area contributed by atoms with E-state index in [0.29, 0.717) is 18.7 Å². The SMILES string of the molecule is C=C(O)CCNc1cc2ccccc2cc1C(=O)O. The molecule has 2 rings (SSSR count). The molecule has 0 unspecified atom stereocenters. The second-order valence-electron chi connectivity index (χ2n) is 4.29. The molecule has 0 heterocycles. The first-order valence-electron chi connectivity index (χ1n) is 5.94. The number of fused-ring (bicyclic) bond motifs is 1. The van der Waals surface area contributed by atoms with Crippen LogP contribution in [0.3, 0.4) is 0 Å². The number of nitrogens with one attached hydrogen (secondary N) is 1. The first-order chi connectivity index (χ1) is 9.08. The van der Waals surface area contributed by atoms with Gasteiger partial charge in [-0.05, 0) is 22.9 Å². The standard InChI is InChI=1S/C15H15NO3/c1-10(17)6-7-16-14-9-12-5-3-2-4-11(12)8-13(14)15(18)19/h2-5,8-9,16-17H,1,6-7H2,(H,18,19). The molecule has 0 aliphatic carbocycles. The van der Waals surface area contributed by atoms with Crippen LogP contribution >= 0.6 is 0 Å². The number of hydrogen-bond donors (Lipinski definition) is 3. The highest BCUT2D eigenvalue weighted by atomic mass is 16.4. The summed E-state index contributed by atoms with van der Waals surface area (Å²) in [5, 5.41) is 23.1. The number of aromatic carboxylic acids is 1. The Kier molecular flexibility index (Phi) is 3.71. The molecule has 0 aromatic heterocycles. The molecule has 0 saturated carbocycles. The molecule has 0 amide bonds. The zero-order valence-corrected chi connectivity index (χ0v) is 10.4. The Balaban J connectivity index is 2.36. The lowest BCUT2D eigenvalue weighted by atomic mass is 10.0. The van der Waals surface area contributed by atoms with Crippen molar-refractivity contribution in [3.8, 4) is 0 Å². The number of carboxylic acid groups (broad SMARTS) is 1. The first-order valence-corrected chi connectivity index (χ1v) is 5.94. The fourth-order valence-corrected chi connectivity index (χ4v) is 1.90. The molecular weight excluding hydrogens is 242 g/mol. The molecule has 4 nitrogen and oxygen atoms in total. The van der Waals surface area contributed by atoms with Crippen molar-refractivity contribution < 1.29 is 15.0 Å². The van der Waals surface area contributed by atoms with Crippen LogP contribution in [0.2, 0.25) is 0 Å². The van der Waals surface area contributed by atoms with Gasteiger partial charge in [0.15, 0.2) is 0 Å². The van der Waals surface area contributed by atoms with Crippen molar-refractivity contribution in [2.24, 2.45) is 0 Å². The van der Waals surface area contributed by atoms with Crippen LogP contribution in [0.1, 0.15) is 16.8 Å². The molecule has 0 atom stereocenters. The van der Waals surface area contributed by atoms with Gasteiger partial charge >= 0.3 is 5.97 Å². The summed E-state index contributed by atoms with van der Waals surface area (Å²) in [7, 11) is 0. The summed E-state index contributed by atoms with van der Waals surface area (Å²) < 4.78 is 0. The Morgan fingerprint density at radius 2 is 1.79 bits per heavy atom. The van der Waals surface area contributed by atoms with E-state index in [2.05, 4.69) is 11.9 Å². The van der Waals surface area contributed by atoms with E-state index >= 15 is 0 Å². The lowest BCUT2D eigenvalue weighted by Gasteiger charge is -2.11.